The highest BCUT2D eigenvalue weighted by Gasteiger charge is 2.41. The lowest BCUT2D eigenvalue weighted by Gasteiger charge is -2.43. The predicted octanol–water partition coefficient (Wildman–Crippen LogP) is 2.28. The topological polar surface area (TPSA) is 116 Å². The van der Waals surface area contributed by atoms with E-state index in [9.17, 15) is 24.3 Å². The van der Waals surface area contributed by atoms with Crippen molar-refractivity contribution >= 4 is 23.7 Å². The molecule has 2 atom stereocenters. The number of amides is 3. The fourth-order valence-electron chi connectivity index (χ4n) is 4.21. The molecule has 0 bridgehead atoms. The van der Waals surface area contributed by atoms with Crippen LogP contribution in [0.3, 0.4) is 0 Å². The smallest absolute Gasteiger partial charge is 0.305 e. The molecule has 35 heavy (non-hydrogen) atoms. The van der Waals surface area contributed by atoms with E-state index in [2.05, 4.69) is 5.32 Å². The van der Waals surface area contributed by atoms with Crippen LogP contribution in [0, 0.1) is 13.8 Å². The molecule has 0 aromatic heterocycles. The number of aliphatic carboxylic acids is 1. The molecule has 0 aliphatic carbocycles. The summed E-state index contributed by atoms with van der Waals surface area (Å²) < 4.78 is 4.99. The summed E-state index contributed by atoms with van der Waals surface area (Å²) >= 11 is 0. The van der Waals surface area contributed by atoms with Gasteiger partial charge in [-0.1, -0.05) is 47.5 Å². The summed E-state index contributed by atoms with van der Waals surface area (Å²) in [6, 6.07) is 13.3. The highest BCUT2D eigenvalue weighted by Crippen LogP contribution is 2.23. The summed E-state index contributed by atoms with van der Waals surface area (Å²) in [5.41, 5.74) is 2.93. The monoisotopic (exact) mass is 481 g/mol. The summed E-state index contributed by atoms with van der Waals surface area (Å²) in [5.74, 6) is -2.52. The molecule has 0 radical (unpaired) electrons. The minimum Gasteiger partial charge on any atom is -0.481 e. The van der Waals surface area contributed by atoms with E-state index in [1.807, 2.05) is 19.9 Å². The molecule has 2 unspecified atom stereocenters. The Morgan fingerprint density at radius 3 is 2.34 bits per heavy atom. The average Bonchev–Trinajstić information content (AvgIpc) is 2.83. The molecule has 1 aliphatic heterocycles. The number of nitrogens with zero attached hydrogens (tertiary/aromatic N) is 2. The van der Waals surface area contributed by atoms with Gasteiger partial charge in [0.25, 0.3) is 17.7 Å². The number of ether oxygens (including phenoxy) is 1. The van der Waals surface area contributed by atoms with Crippen LogP contribution in [0.25, 0.3) is 0 Å². The zero-order valence-electron chi connectivity index (χ0n) is 20.2. The number of carbonyl (C=O) groups is 4. The van der Waals surface area contributed by atoms with Gasteiger partial charge in [-0.3, -0.25) is 19.2 Å². The van der Waals surface area contributed by atoms with Crippen molar-refractivity contribution in [2.24, 2.45) is 0 Å². The summed E-state index contributed by atoms with van der Waals surface area (Å²) in [7, 11) is 1.38. The van der Waals surface area contributed by atoms with Crippen molar-refractivity contribution in [3.63, 3.8) is 0 Å². The van der Waals surface area contributed by atoms with Gasteiger partial charge in [-0.15, -0.1) is 0 Å². The highest BCUT2D eigenvalue weighted by molar-refractivity contribution is 5.99. The van der Waals surface area contributed by atoms with Gasteiger partial charge in [0.05, 0.1) is 12.5 Å². The molecule has 0 saturated carbocycles. The van der Waals surface area contributed by atoms with Gasteiger partial charge < -0.3 is 25.0 Å². The maximum Gasteiger partial charge on any atom is 0.305 e. The third kappa shape index (κ3) is 6.45. The second kappa shape index (κ2) is 11.6. The first-order valence-corrected chi connectivity index (χ1v) is 11.5. The van der Waals surface area contributed by atoms with Gasteiger partial charge in [0.2, 0.25) is 0 Å². The molecule has 9 nitrogen and oxygen atoms in total. The second-order valence-corrected chi connectivity index (χ2v) is 8.69. The van der Waals surface area contributed by atoms with E-state index in [0.29, 0.717) is 17.5 Å². The first kappa shape index (κ1) is 25.9. The maximum absolute atomic E-state index is 13.6. The number of carboxylic acids is 1. The molecule has 3 rings (SSSR count). The predicted molar refractivity (Wildman–Crippen MR) is 129 cm³/mol. The highest BCUT2D eigenvalue weighted by atomic mass is 16.5. The van der Waals surface area contributed by atoms with E-state index >= 15 is 0 Å². The molecule has 1 aliphatic rings. The van der Waals surface area contributed by atoms with Crippen LogP contribution in [0.15, 0.2) is 48.5 Å². The zero-order valence-corrected chi connectivity index (χ0v) is 20.2. The van der Waals surface area contributed by atoms with E-state index in [1.54, 1.807) is 42.5 Å². The summed E-state index contributed by atoms with van der Waals surface area (Å²) in [6.45, 7) is 4.08. The molecule has 1 saturated heterocycles. The van der Waals surface area contributed by atoms with Crippen LogP contribution in [0.4, 0.5) is 0 Å². The van der Waals surface area contributed by atoms with Crippen LogP contribution in [0.5, 0.6) is 0 Å². The average molecular weight is 482 g/mol. The van der Waals surface area contributed by atoms with Gasteiger partial charge in [0.15, 0.2) is 6.17 Å². The largest absolute Gasteiger partial charge is 0.481 e. The summed E-state index contributed by atoms with van der Waals surface area (Å²) in [5, 5.41) is 12.2. The minimum atomic E-state index is -1.23. The minimum absolute atomic E-state index is 0.243. The number of carboxylic acid groups (broad SMARTS) is 1. The quantitative estimate of drug-likeness (QED) is 0.598. The Kier molecular flexibility index (Phi) is 8.59. The summed E-state index contributed by atoms with van der Waals surface area (Å²) in [6.07, 6.45) is -1.09. The van der Waals surface area contributed by atoms with E-state index < -0.39 is 30.0 Å². The molecule has 2 N–H and O–H groups in total. The molecule has 2 aromatic rings. The number of methoxy groups -OCH3 is 1. The van der Waals surface area contributed by atoms with Crippen LogP contribution in [0.2, 0.25) is 0 Å². The first-order chi connectivity index (χ1) is 16.7. The lowest BCUT2D eigenvalue weighted by atomic mass is 10.0. The Morgan fingerprint density at radius 1 is 1.03 bits per heavy atom. The van der Waals surface area contributed by atoms with Gasteiger partial charge in [-0.2, -0.15) is 0 Å². The van der Waals surface area contributed by atoms with Crippen molar-refractivity contribution in [2.75, 3.05) is 26.8 Å². The van der Waals surface area contributed by atoms with Crippen molar-refractivity contribution < 1.29 is 29.0 Å². The fraction of sp³-hybridized carbons (Fsp3) is 0.385. The van der Waals surface area contributed by atoms with E-state index in [0.717, 1.165) is 11.1 Å². The van der Waals surface area contributed by atoms with E-state index in [4.69, 9.17) is 4.74 Å². The van der Waals surface area contributed by atoms with Crippen molar-refractivity contribution in [3.05, 3.63) is 70.8 Å². The normalized spacial score (nSPS) is 16.5. The Balaban J connectivity index is 1.95. The number of hydrogen-bond donors (Lipinski definition) is 2. The number of nitrogens with one attached hydrogen (secondary N) is 1. The number of benzene rings is 2. The number of hydrogen-bond acceptors (Lipinski definition) is 5. The van der Waals surface area contributed by atoms with Crippen molar-refractivity contribution in [3.8, 4) is 0 Å². The summed E-state index contributed by atoms with van der Waals surface area (Å²) in [4.78, 5) is 54.1. The fourth-order valence-corrected chi connectivity index (χ4v) is 4.21. The van der Waals surface area contributed by atoms with Gasteiger partial charge in [0, 0.05) is 25.8 Å². The van der Waals surface area contributed by atoms with Crippen LogP contribution in [0.1, 0.15) is 45.9 Å². The standard InChI is InChI=1S/C26H31N3O6/c1-17-8-10-19(11-9-17)26(34)29-13-5-12-28(22(30)16-35-3)25(29)24(33)27-21(15-23(31)32)20-7-4-6-18(2)14-20/h4,6-11,14,21,25H,5,12-13,15-16H2,1-3H3,(H,27,33)(H,31,32). The molecule has 0 spiro atoms. The third-order valence-corrected chi connectivity index (χ3v) is 5.91. The lowest BCUT2D eigenvalue weighted by Crippen LogP contribution is -2.64. The van der Waals surface area contributed by atoms with Crippen LogP contribution < -0.4 is 5.32 Å². The molecule has 2 aromatic carbocycles. The first-order valence-electron chi connectivity index (χ1n) is 11.5. The second-order valence-electron chi connectivity index (χ2n) is 8.69. The maximum atomic E-state index is 13.6. The Hall–Kier alpha value is -3.72. The van der Waals surface area contributed by atoms with Crippen molar-refractivity contribution in [1.82, 2.24) is 15.1 Å². The molecule has 9 heteroatoms. The Bertz CT molecular complexity index is 1080. The molecule has 3 amide bonds. The molecule has 1 fully saturated rings. The van der Waals surface area contributed by atoms with Gasteiger partial charge in [-0.05, 0) is 38.0 Å². The Morgan fingerprint density at radius 2 is 1.71 bits per heavy atom. The molecule has 186 valence electrons. The molecule has 1 heterocycles. The zero-order chi connectivity index (χ0) is 25.5. The van der Waals surface area contributed by atoms with E-state index in [-0.39, 0.29) is 32.0 Å². The van der Waals surface area contributed by atoms with Crippen molar-refractivity contribution in [2.45, 2.75) is 38.9 Å². The van der Waals surface area contributed by atoms with Crippen LogP contribution in [-0.2, 0) is 19.1 Å². The van der Waals surface area contributed by atoms with Crippen LogP contribution in [-0.4, -0.2) is 71.6 Å². The van der Waals surface area contributed by atoms with Crippen molar-refractivity contribution in [1.29, 1.82) is 0 Å². The van der Waals surface area contributed by atoms with E-state index in [1.165, 1.54) is 16.9 Å². The van der Waals surface area contributed by atoms with Crippen LogP contribution >= 0.6 is 0 Å². The van der Waals surface area contributed by atoms with Gasteiger partial charge in [0.1, 0.15) is 6.61 Å². The number of carbonyl (C=O) groups excluding carboxylic acids is 3. The number of aryl methyl sites for hydroxylation is 2. The SMILES string of the molecule is COCC(=O)N1CCCN(C(=O)c2ccc(C)cc2)C1C(=O)NC(CC(=O)O)c1cccc(C)c1. The molecular weight excluding hydrogens is 450 g/mol. The third-order valence-electron chi connectivity index (χ3n) is 5.91. The molecular formula is C26H31N3O6. The lowest BCUT2D eigenvalue weighted by molar-refractivity contribution is -0.152. The van der Waals surface area contributed by atoms with Gasteiger partial charge in [-0.25, -0.2) is 0 Å². The Labute approximate surface area is 204 Å². The number of rotatable bonds is 8. The van der Waals surface area contributed by atoms with Gasteiger partial charge >= 0.3 is 5.97 Å².